The van der Waals surface area contributed by atoms with Crippen LogP contribution in [0.5, 0.6) is 0 Å². The summed E-state index contributed by atoms with van der Waals surface area (Å²) < 4.78 is 0. The van der Waals surface area contributed by atoms with E-state index in [1.165, 1.54) is 38.5 Å². The van der Waals surface area contributed by atoms with E-state index in [1.54, 1.807) is 0 Å². The van der Waals surface area contributed by atoms with Crippen LogP contribution in [-0.4, -0.2) is 23.1 Å². The summed E-state index contributed by atoms with van der Waals surface area (Å²) in [6, 6.07) is 0. The molecule has 6 heavy (non-hydrogen) atoms. The van der Waals surface area contributed by atoms with Crippen LogP contribution < -0.4 is 0 Å². The first-order chi connectivity index (χ1) is 1.00. The molecular formula is H6AlCeCuLaNiSi. The van der Waals surface area contributed by atoms with E-state index < -0.39 is 0 Å². The molecule has 0 aliphatic heterocycles. The van der Waals surface area contributed by atoms with Gasteiger partial charge in [0, 0.05) is 75.3 Å². The van der Waals surface area contributed by atoms with Crippen molar-refractivity contribution in [2.75, 3.05) is 0 Å². The van der Waals surface area contributed by atoms with E-state index in [-0.39, 0.29) is 92.7 Å². The van der Waals surface area contributed by atoms with Crippen LogP contribution in [0.15, 0.2) is 0 Å². The Kier molecular flexibility index (Phi) is 182. The number of hydrogen-bond donors (Lipinski definition) is 0. The quantitative estimate of drug-likeness (QED) is 0.353. The van der Waals surface area contributed by atoms with E-state index in [0.717, 1.165) is 0 Å². The van der Waals surface area contributed by atoms with Gasteiger partial charge in [-0.15, -0.1) is 0 Å². The van der Waals surface area contributed by atoms with E-state index in [9.17, 15) is 0 Å². The Labute approximate surface area is 128 Å². The van der Waals surface area contributed by atoms with Crippen molar-refractivity contribution in [1.29, 1.82) is 0 Å². The summed E-state index contributed by atoms with van der Waals surface area (Å²) in [6.07, 6.45) is 0. The van der Waals surface area contributed by atoms with Gasteiger partial charge in [0.05, 0.1) is 0 Å². The van der Waals surface area contributed by atoms with Crippen molar-refractivity contribution in [3.8, 4) is 0 Å². The third-order valence-corrected chi connectivity index (χ3v) is 0. The molecule has 0 saturated heterocycles. The van der Waals surface area contributed by atoms with Gasteiger partial charge in [-0.05, 0) is 0 Å². The minimum absolute atomic E-state index is 0. The number of hydrogen-bond acceptors (Lipinski definition) is 0. The predicted octanol–water partition coefficient (Wildman–Crippen LogP) is -2.37. The summed E-state index contributed by atoms with van der Waals surface area (Å²) in [6.45, 7) is 0. The first-order valence-corrected chi connectivity index (χ1v) is 12.6. The monoisotopic (exact) mass is 461 g/mol. The second-order valence-electron chi connectivity index (χ2n) is 0. The van der Waals surface area contributed by atoms with Crippen molar-refractivity contribution in [2.45, 2.75) is 0 Å². The zero-order chi connectivity index (χ0) is 2.00. The average Bonchev–Trinajstić information content (AvgIpc) is 1.00. The standard InChI is InChI=1S/Al.Ce.Cu.La.Ni.H3Si.3H/h;;;;;1H3;;;. The molecule has 0 spiro atoms. The molecule has 0 atom stereocenters. The van der Waals surface area contributed by atoms with Crippen LogP contribution in [0.3, 0.4) is 0 Å². The Morgan fingerprint density at radius 3 is 1.17 bits per heavy atom. The second kappa shape index (κ2) is 34.5. The molecule has 0 aliphatic rings. The van der Waals surface area contributed by atoms with Crippen LogP contribution >= 0.6 is 0 Å². The van der Waals surface area contributed by atoms with Crippen molar-refractivity contribution in [3.05, 3.63) is 0 Å². The molecule has 0 heterocycles. The molecule has 6 heteroatoms. The molecule has 41 valence electrons. The Bertz CT molecular complexity index is 15.5. The van der Waals surface area contributed by atoms with E-state index >= 15 is 0 Å². The summed E-state index contributed by atoms with van der Waals surface area (Å²) in [5.41, 5.74) is 0. The fourth-order valence-electron chi connectivity index (χ4n) is 0. The van der Waals surface area contributed by atoms with E-state index in [2.05, 4.69) is 0 Å². The zero-order valence-electron chi connectivity index (χ0n) is 2.70. The van der Waals surface area contributed by atoms with Gasteiger partial charge in [0.25, 0.3) is 0 Å². The van der Waals surface area contributed by atoms with E-state index in [0.29, 0.717) is 0 Å². The van der Waals surface area contributed by atoms with E-state index in [4.69, 9.17) is 0 Å². The number of rotatable bonds is 0. The fourth-order valence-corrected chi connectivity index (χ4v) is 0. The SMILES string of the molecule is [AlH3].[Ce].[Cu].[Ni].[SiH3][La]. The molecule has 0 aromatic heterocycles. The first kappa shape index (κ1) is 31.6. The van der Waals surface area contributed by atoms with Gasteiger partial charge in [-0.25, -0.2) is 0 Å². The third-order valence-electron chi connectivity index (χ3n) is 0. The van der Waals surface area contributed by atoms with Gasteiger partial charge in [0.2, 0.25) is 0 Å². The summed E-state index contributed by atoms with van der Waals surface area (Å²) in [5, 5.41) is 0. The molecular weight excluding hydrogens is 456 g/mol. The molecule has 1 radical (unpaired) electrons. The Hall–Kier alpha value is 4.33. The van der Waals surface area contributed by atoms with Gasteiger partial charge in [-0.3, -0.25) is 0 Å². The van der Waals surface area contributed by atoms with Gasteiger partial charge in [0.1, 0.15) is 0 Å². The molecule has 0 nitrogen and oxygen atoms in total. The van der Waals surface area contributed by atoms with Gasteiger partial charge < -0.3 is 0 Å². The van der Waals surface area contributed by atoms with Crippen LogP contribution in [0.25, 0.3) is 0 Å². The van der Waals surface area contributed by atoms with Crippen molar-refractivity contribution >= 4 is 23.1 Å². The molecule has 0 rings (SSSR count). The molecule has 0 saturated carbocycles. The van der Waals surface area contributed by atoms with Crippen LogP contribution in [0.1, 0.15) is 0 Å². The van der Waals surface area contributed by atoms with Crippen LogP contribution in [0.4, 0.5) is 0 Å². The van der Waals surface area contributed by atoms with Gasteiger partial charge in [-0.1, -0.05) is 0 Å². The molecule has 0 aromatic rings. The van der Waals surface area contributed by atoms with Crippen molar-refractivity contribution in [3.63, 3.8) is 0 Å². The predicted molar refractivity (Wildman–Crippen MR) is 19.9 cm³/mol. The Balaban J connectivity index is -0.000000000833. The normalized spacial score (nSPS) is 1.17. The fraction of sp³-hybridized carbons (Fsp3) is 0. The maximum absolute atomic E-state index is 1.47. The molecule has 0 aliphatic carbocycles. The van der Waals surface area contributed by atoms with Gasteiger partial charge in [0.15, 0.2) is 17.4 Å². The van der Waals surface area contributed by atoms with Crippen LogP contribution in [0.2, 0.25) is 0 Å². The Morgan fingerprint density at radius 2 is 1.17 bits per heavy atom. The molecule has 0 unspecified atom stereocenters. The summed E-state index contributed by atoms with van der Waals surface area (Å²) >= 11 is 1.31. The Morgan fingerprint density at radius 1 is 1.17 bits per heavy atom. The average molecular weight is 462 g/mol. The topological polar surface area (TPSA) is 0 Å². The van der Waals surface area contributed by atoms with Crippen molar-refractivity contribution < 1.29 is 108 Å². The van der Waals surface area contributed by atoms with Gasteiger partial charge >= 0.3 is 38.5 Å². The molecule has 0 amide bonds. The summed E-state index contributed by atoms with van der Waals surface area (Å²) in [7, 11) is 0. The van der Waals surface area contributed by atoms with Crippen LogP contribution in [0, 0.1) is 74.5 Å². The van der Waals surface area contributed by atoms with Crippen LogP contribution in [-0.2, 0) is 33.6 Å². The van der Waals surface area contributed by atoms with Crippen molar-refractivity contribution in [2.24, 2.45) is 0 Å². The first-order valence-electron chi connectivity index (χ1n) is 0.577. The van der Waals surface area contributed by atoms with Gasteiger partial charge in [-0.2, -0.15) is 0 Å². The molecule has 0 N–H and O–H groups in total. The zero-order valence-corrected chi connectivity index (χ0v) is 13.4. The molecule has 0 aromatic carbocycles. The van der Waals surface area contributed by atoms with E-state index in [1.807, 2.05) is 0 Å². The third kappa shape index (κ3) is 23.9. The second-order valence-corrected chi connectivity index (χ2v) is 0. The summed E-state index contributed by atoms with van der Waals surface area (Å²) in [5.74, 6) is 1.47. The maximum atomic E-state index is 1.47. The minimum atomic E-state index is 0. The summed E-state index contributed by atoms with van der Waals surface area (Å²) in [4.78, 5) is 0. The van der Waals surface area contributed by atoms with Crippen molar-refractivity contribution in [1.82, 2.24) is 0 Å². The molecule has 0 bridgehead atoms. The molecule has 0 fully saturated rings.